The maximum absolute atomic E-state index is 12.5. The van der Waals surface area contributed by atoms with E-state index >= 15 is 0 Å². The minimum atomic E-state index is -0.723. The zero-order chi connectivity index (χ0) is 22.5. The summed E-state index contributed by atoms with van der Waals surface area (Å²) in [7, 11) is 0. The molecular weight excluding hydrogens is 424 g/mol. The SMILES string of the molecule is Cc1ccc(NC(=O)C(=O)NC[C@@H](c2cccnc2)N2CCc3ccccc3C2)cc1Cl. The highest BCUT2D eigenvalue weighted by Gasteiger charge is 2.26. The molecule has 0 saturated carbocycles. The Balaban J connectivity index is 1.44. The number of rotatable bonds is 5. The number of hydrogen-bond donors (Lipinski definition) is 2. The normalized spacial score (nSPS) is 14.3. The molecule has 164 valence electrons. The van der Waals surface area contributed by atoms with Crippen LogP contribution in [0.1, 0.15) is 28.3 Å². The fraction of sp³-hybridized carbons (Fsp3) is 0.240. The number of nitrogens with zero attached hydrogens (tertiary/aromatic N) is 2. The van der Waals surface area contributed by atoms with Crippen LogP contribution in [0.5, 0.6) is 0 Å². The number of amides is 2. The van der Waals surface area contributed by atoms with Crippen molar-refractivity contribution in [3.63, 3.8) is 0 Å². The number of carbonyl (C=O) groups excluding carboxylic acids is 2. The predicted octanol–water partition coefficient (Wildman–Crippen LogP) is 3.90. The number of anilines is 1. The van der Waals surface area contributed by atoms with Crippen LogP contribution in [-0.2, 0) is 22.6 Å². The Morgan fingerprint density at radius 2 is 1.91 bits per heavy atom. The van der Waals surface area contributed by atoms with Crippen LogP contribution in [0.3, 0.4) is 0 Å². The number of pyridine rings is 1. The van der Waals surface area contributed by atoms with Crippen LogP contribution < -0.4 is 10.6 Å². The Hall–Kier alpha value is -3.22. The van der Waals surface area contributed by atoms with Crippen molar-refractivity contribution in [1.82, 2.24) is 15.2 Å². The summed E-state index contributed by atoms with van der Waals surface area (Å²) in [5, 5.41) is 5.93. The van der Waals surface area contributed by atoms with Crippen molar-refractivity contribution in [2.75, 3.05) is 18.4 Å². The van der Waals surface area contributed by atoms with Gasteiger partial charge in [-0.05, 0) is 53.8 Å². The molecule has 1 atom stereocenters. The van der Waals surface area contributed by atoms with Gasteiger partial charge in [0.2, 0.25) is 0 Å². The highest BCUT2D eigenvalue weighted by molar-refractivity contribution is 6.39. The van der Waals surface area contributed by atoms with Gasteiger partial charge in [0.1, 0.15) is 0 Å². The van der Waals surface area contributed by atoms with Gasteiger partial charge in [-0.15, -0.1) is 0 Å². The number of hydrogen-bond acceptors (Lipinski definition) is 4. The molecule has 6 nitrogen and oxygen atoms in total. The molecule has 0 fully saturated rings. The van der Waals surface area contributed by atoms with E-state index in [-0.39, 0.29) is 6.04 Å². The van der Waals surface area contributed by atoms with E-state index in [0.717, 1.165) is 30.6 Å². The minimum Gasteiger partial charge on any atom is -0.346 e. The third-order valence-corrected chi connectivity index (χ3v) is 6.17. The van der Waals surface area contributed by atoms with E-state index < -0.39 is 11.8 Å². The molecule has 1 aliphatic heterocycles. The van der Waals surface area contributed by atoms with Gasteiger partial charge in [-0.1, -0.05) is 48.0 Å². The summed E-state index contributed by atoms with van der Waals surface area (Å²) >= 11 is 6.11. The third kappa shape index (κ3) is 5.15. The van der Waals surface area contributed by atoms with Crippen molar-refractivity contribution in [2.24, 2.45) is 0 Å². The molecule has 7 heteroatoms. The molecule has 2 aromatic carbocycles. The molecule has 4 rings (SSSR count). The average molecular weight is 449 g/mol. The van der Waals surface area contributed by atoms with E-state index in [1.54, 1.807) is 24.4 Å². The lowest BCUT2D eigenvalue weighted by atomic mass is 9.97. The van der Waals surface area contributed by atoms with Gasteiger partial charge >= 0.3 is 11.8 Å². The van der Waals surface area contributed by atoms with E-state index in [1.165, 1.54) is 11.1 Å². The molecule has 0 spiro atoms. The number of fused-ring (bicyclic) bond motifs is 1. The number of nitrogens with one attached hydrogen (secondary N) is 2. The Morgan fingerprint density at radius 1 is 1.09 bits per heavy atom. The molecule has 0 saturated heterocycles. The van der Waals surface area contributed by atoms with E-state index in [2.05, 4.69) is 38.7 Å². The van der Waals surface area contributed by atoms with E-state index in [1.807, 2.05) is 31.3 Å². The summed E-state index contributed by atoms with van der Waals surface area (Å²) < 4.78 is 0. The van der Waals surface area contributed by atoms with Gasteiger partial charge in [-0.2, -0.15) is 0 Å². The van der Waals surface area contributed by atoms with Crippen LogP contribution in [-0.4, -0.2) is 34.8 Å². The average Bonchev–Trinajstić information content (AvgIpc) is 2.82. The van der Waals surface area contributed by atoms with Gasteiger partial charge in [0.15, 0.2) is 0 Å². The molecule has 2 amide bonds. The first-order valence-corrected chi connectivity index (χ1v) is 10.9. The fourth-order valence-corrected chi connectivity index (χ4v) is 4.12. The fourth-order valence-electron chi connectivity index (χ4n) is 3.94. The summed E-state index contributed by atoms with van der Waals surface area (Å²) in [6.07, 6.45) is 4.48. The second-order valence-electron chi connectivity index (χ2n) is 7.92. The van der Waals surface area contributed by atoms with E-state index in [0.29, 0.717) is 17.3 Å². The van der Waals surface area contributed by atoms with Gasteiger partial charge in [0.25, 0.3) is 0 Å². The minimum absolute atomic E-state index is 0.0948. The van der Waals surface area contributed by atoms with Gasteiger partial charge in [-0.25, -0.2) is 0 Å². The van der Waals surface area contributed by atoms with Crippen molar-refractivity contribution in [3.05, 3.63) is 94.3 Å². The van der Waals surface area contributed by atoms with Crippen LogP contribution in [0.4, 0.5) is 5.69 Å². The van der Waals surface area contributed by atoms with Crippen LogP contribution in [0, 0.1) is 6.92 Å². The van der Waals surface area contributed by atoms with Crippen LogP contribution >= 0.6 is 11.6 Å². The second kappa shape index (κ2) is 9.94. The topological polar surface area (TPSA) is 74.3 Å². The van der Waals surface area contributed by atoms with Gasteiger partial charge < -0.3 is 10.6 Å². The van der Waals surface area contributed by atoms with Gasteiger partial charge in [0.05, 0.1) is 6.04 Å². The Kier molecular flexibility index (Phi) is 6.83. The van der Waals surface area contributed by atoms with Crippen molar-refractivity contribution in [3.8, 4) is 0 Å². The standard InChI is InChI=1S/C25H25ClN4O2/c1-17-8-9-21(13-22(17)26)29-25(32)24(31)28-15-23(19-7-4-11-27-14-19)30-12-10-18-5-2-3-6-20(18)16-30/h2-9,11,13-14,23H,10,12,15-16H2,1H3,(H,28,31)(H,29,32)/t23-/m0/s1. The lowest BCUT2D eigenvalue weighted by molar-refractivity contribution is -0.136. The molecule has 2 N–H and O–H groups in total. The summed E-state index contributed by atoms with van der Waals surface area (Å²) in [5.74, 6) is -1.41. The first kappa shape index (κ1) is 22.0. The molecule has 3 aromatic rings. The summed E-state index contributed by atoms with van der Waals surface area (Å²) in [4.78, 5) is 31.5. The number of benzene rings is 2. The molecule has 0 bridgehead atoms. The monoisotopic (exact) mass is 448 g/mol. The first-order valence-electron chi connectivity index (χ1n) is 10.6. The molecule has 1 aromatic heterocycles. The van der Waals surface area contributed by atoms with Crippen molar-refractivity contribution < 1.29 is 9.59 Å². The van der Waals surface area contributed by atoms with Crippen molar-refractivity contribution in [1.29, 1.82) is 0 Å². The van der Waals surface area contributed by atoms with E-state index in [4.69, 9.17) is 11.6 Å². The lowest BCUT2D eigenvalue weighted by Gasteiger charge is -2.35. The largest absolute Gasteiger partial charge is 0.346 e. The zero-order valence-corrected chi connectivity index (χ0v) is 18.6. The van der Waals surface area contributed by atoms with Crippen LogP contribution in [0.15, 0.2) is 67.0 Å². The van der Waals surface area contributed by atoms with Crippen molar-refractivity contribution in [2.45, 2.75) is 25.9 Å². The molecule has 0 unspecified atom stereocenters. The highest BCUT2D eigenvalue weighted by Crippen LogP contribution is 2.27. The summed E-state index contributed by atoms with van der Waals surface area (Å²) in [5.41, 5.74) is 5.02. The van der Waals surface area contributed by atoms with Gasteiger partial charge in [0, 0.05) is 42.7 Å². The molecular formula is C25H25ClN4O2. The number of aromatic nitrogens is 1. The molecule has 0 aliphatic carbocycles. The third-order valence-electron chi connectivity index (χ3n) is 5.76. The Labute approximate surface area is 192 Å². The van der Waals surface area contributed by atoms with E-state index in [9.17, 15) is 9.59 Å². The Bertz CT molecular complexity index is 1120. The number of halogens is 1. The lowest BCUT2D eigenvalue weighted by Crippen LogP contribution is -2.43. The van der Waals surface area contributed by atoms with Crippen LogP contribution in [0.2, 0.25) is 5.02 Å². The molecule has 0 radical (unpaired) electrons. The molecule has 1 aliphatic rings. The zero-order valence-electron chi connectivity index (χ0n) is 17.8. The number of carbonyl (C=O) groups is 2. The first-order chi connectivity index (χ1) is 15.5. The predicted molar refractivity (Wildman–Crippen MR) is 125 cm³/mol. The van der Waals surface area contributed by atoms with Crippen molar-refractivity contribution >= 4 is 29.1 Å². The maximum Gasteiger partial charge on any atom is 0.313 e. The summed E-state index contributed by atoms with van der Waals surface area (Å²) in [6, 6.07) is 17.3. The second-order valence-corrected chi connectivity index (χ2v) is 8.33. The Morgan fingerprint density at radius 3 is 2.66 bits per heavy atom. The molecule has 32 heavy (non-hydrogen) atoms. The quantitative estimate of drug-likeness (QED) is 0.580. The van der Waals surface area contributed by atoms with Gasteiger partial charge in [-0.3, -0.25) is 19.5 Å². The summed E-state index contributed by atoms with van der Waals surface area (Å²) in [6.45, 7) is 3.81. The number of aryl methyl sites for hydroxylation is 1. The smallest absolute Gasteiger partial charge is 0.313 e. The van der Waals surface area contributed by atoms with Crippen LogP contribution in [0.25, 0.3) is 0 Å². The molecule has 2 heterocycles. The maximum atomic E-state index is 12.5. The highest BCUT2D eigenvalue weighted by atomic mass is 35.5.